The summed E-state index contributed by atoms with van der Waals surface area (Å²) in [4.78, 5) is 46.6. The number of fused-ring (bicyclic) bond motifs is 1. The van der Waals surface area contributed by atoms with Gasteiger partial charge in [-0.1, -0.05) is 5.87 Å². The quantitative estimate of drug-likeness (QED) is 0.363. The van der Waals surface area contributed by atoms with Gasteiger partial charge in [-0.3, -0.25) is 14.4 Å². The lowest BCUT2D eigenvalue weighted by Gasteiger charge is -2.39. The maximum Gasteiger partial charge on any atom is 0.327 e. The number of carbonyl (C=O) groups is 4. The molecular weight excluding hydrogens is 422 g/mol. The van der Waals surface area contributed by atoms with Gasteiger partial charge < -0.3 is 15.1 Å². The fraction of sp³-hybridized carbons (Fsp3) is 0.611. The van der Waals surface area contributed by atoms with E-state index in [2.05, 4.69) is 5.87 Å². The molecule has 0 spiro atoms. The maximum absolute atomic E-state index is 12.2. The third kappa shape index (κ3) is 5.33. The van der Waals surface area contributed by atoms with Crippen molar-refractivity contribution in [3.8, 4) is 0 Å². The highest BCUT2D eigenvalue weighted by Gasteiger charge is 2.62. The molecule has 0 aromatic carbocycles. The van der Waals surface area contributed by atoms with E-state index < -0.39 is 71.3 Å². The molecule has 1 unspecified atom stereocenters. The molecule has 2 aliphatic heterocycles. The van der Waals surface area contributed by atoms with Gasteiger partial charge in [-0.25, -0.2) is 13.2 Å². The van der Waals surface area contributed by atoms with Crippen LogP contribution in [0.25, 0.3) is 0 Å². The standard InChI is InChI=1S/C13H17NO6S2.C5H10O2/c1-13(2)9(12(17)18)14-10(16)8(11(14)21(13)3)5-7(15)6-22(4,19)20;1-5(2,3)4(6)7/h5,9,11H,3,6H2,1-2,4H3,(H,17,18);1-3H3,(H,6,7)/t9-,11+,21?;/m0./s1. The number of carboxylic acids is 2. The second-order valence-corrected chi connectivity index (χ2v) is 13.0. The summed E-state index contributed by atoms with van der Waals surface area (Å²) in [5, 5.41) is 17.1. The number of ketones is 1. The van der Waals surface area contributed by atoms with E-state index in [0.717, 1.165) is 12.3 Å². The monoisotopic (exact) mass is 449 g/mol. The Balaban J connectivity index is 0.000000516. The van der Waals surface area contributed by atoms with E-state index in [1.54, 1.807) is 34.6 Å². The van der Waals surface area contributed by atoms with Gasteiger partial charge in [0, 0.05) is 11.0 Å². The van der Waals surface area contributed by atoms with Gasteiger partial charge in [-0.15, -0.1) is 0 Å². The molecule has 0 bridgehead atoms. The van der Waals surface area contributed by atoms with E-state index in [0.29, 0.717) is 0 Å². The first-order chi connectivity index (χ1) is 12.8. The summed E-state index contributed by atoms with van der Waals surface area (Å²) < 4.78 is 21.5. The number of nitrogens with zero attached hydrogens (tertiary/aromatic N) is 1. The number of hydrogen-bond donors (Lipinski definition) is 2. The predicted molar refractivity (Wildman–Crippen MR) is 111 cm³/mol. The van der Waals surface area contributed by atoms with Crippen LogP contribution in [0.5, 0.6) is 0 Å². The summed E-state index contributed by atoms with van der Waals surface area (Å²) in [6.45, 7) is 8.44. The fourth-order valence-electron chi connectivity index (χ4n) is 2.78. The van der Waals surface area contributed by atoms with Crippen molar-refractivity contribution in [2.75, 3.05) is 12.0 Å². The summed E-state index contributed by atoms with van der Waals surface area (Å²) >= 11 is 0. The predicted octanol–water partition coefficient (Wildman–Crippen LogP) is 0.758. The second kappa shape index (κ2) is 8.02. The van der Waals surface area contributed by atoms with Gasteiger partial charge in [0.25, 0.3) is 5.91 Å². The highest BCUT2D eigenvalue weighted by atomic mass is 32.2. The fourth-order valence-corrected chi connectivity index (χ4v) is 5.42. The molecule has 0 saturated carbocycles. The summed E-state index contributed by atoms with van der Waals surface area (Å²) in [7, 11) is -4.19. The van der Waals surface area contributed by atoms with Crippen molar-refractivity contribution in [3.63, 3.8) is 0 Å². The number of aliphatic carboxylic acids is 2. The lowest BCUT2D eigenvalue weighted by Crippen LogP contribution is -2.58. The molecule has 1 amide bonds. The average Bonchev–Trinajstić information content (AvgIpc) is 2.68. The minimum absolute atomic E-state index is 0.156. The molecule has 0 aliphatic carbocycles. The molecule has 2 N–H and O–H groups in total. The lowest BCUT2D eigenvalue weighted by atomic mass is 9.95. The third-order valence-corrected chi connectivity index (χ3v) is 7.88. The van der Waals surface area contributed by atoms with Crippen molar-refractivity contribution in [1.29, 1.82) is 0 Å². The molecule has 164 valence electrons. The van der Waals surface area contributed by atoms with Crippen LogP contribution in [0.4, 0.5) is 0 Å². The van der Waals surface area contributed by atoms with Crippen LogP contribution >= 0.6 is 10.5 Å². The van der Waals surface area contributed by atoms with E-state index in [1.165, 1.54) is 4.90 Å². The van der Waals surface area contributed by atoms with Crippen molar-refractivity contribution in [1.82, 2.24) is 4.90 Å². The van der Waals surface area contributed by atoms with Crippen LogP contribution < -0.4 is 0 Å². The SMILES string of the molecule is C=S1[C@@H]2C(=CC(=O)CS(C)(=O)=O)C(=O)N2[C@@H](C(=O)O)C1(C)C.CC(C)(C)C(=O)O. The summed E-state index contributed by atoms with van der Waals surface area (Å²) in [6.07, 6.45) is 1.96. The molecule has 0 aromatic rings. The Hall–Kier alpha value is -2.01. The van der Waals surface area contributed by atoms with Gasteiger partial charge in [0.1, 0.15) is 17.2 Å². The number of carbonyl (C=O) groups excluding carboxylic acids is 2. The Kier molecular flexibility index (Phi) is 6.92. The van der Waals surface area contributed by atoms with Crippen LogP contribution in [0.3, 0.4) is 0 Å². The number of sulfone groups is 1. The normalized spacial score (nSPS) is 26.8. The smallest absolute Gasteiger partial charge is 0.327 e. The summed E-state index contributed by atoms with van der Waals surface area (Å²) in [5.41, 5.74) is -0.427. The zero-order valence-electron chi connectivity index (χ0n) is 17.3. The van der Waals surface area contributed by atoms with Crippen molar-refractivity contribution in [2.24, 2.45) is 5.41 Å². The Morgan fingerprint density at radius 3 is 2.03 bits per heavy atom. The lowest BCUT2D eigenvalue weighted by molar-refractivity contribution is -0.152. The number of hydrogen-bond acceptors (Lipinski definition) is 6. The van der Waals surface area contributed by atoms with Gasteiger partial charge in [0.15, 0.2) is 15.6 Å². The van der Waals surface area contributed by atoms with E-state index in [4.69, 9.17) is 5.11 Å². The van der Waals surface area contributed by atoms with E-state index in [9.17, 15) is 32.7 Å². The number of amides is 1. The van der Waals surface area contributed by atoms with Crippen molar-refractivity contribution in [3.05, 3.63) is 11.6 Å². The van der Waals surface area contributed by atoms with Gasteiger partial charge >= 0.3 is 11.9 Å². The van der Waals surface area contributed by atoms with Crippen molar-refractivity contribution < 1.29 is 37.8 Å². The first kappa shape index (κ1) is 25.0. The summed E-state index contributed by atoms with van der Waals surface area (Å²) in [6, 6.07) is -0.993. The number of allylic oxidation sites excluding steroid dienone is 1. The van der Waals surface area contributed by atoms with Crippen molar-refractivity contribution >= 4 is 49.8 Å². The van der Waals surface area contributed by atoms with Gasteiger partial charge in [-0.2, -0.15) is 10.5 Å². The molecule has 0 radical (unpaired) electrons. The Labute approximate surface area is 172 Å². The molecule has 29 heavy (non-hydrogen) atoms. The Morgan fingerprint density at radius 2 is 1.69 bits per heavy atom. The third-order valence-electron chi connectivity index (χ3n) is 4.48. The first-order valence-electron chi connectivity index (χ1n) is 8.56. The van der Waals surface area contributed by atoms with Gasteiger partial charge in [0.2, 0.25) is 0 Å². The highest BCUT2D eigenvalue weighted by molar-refractivity contribution is 8.16. The van der Waals surface area contributed by atoms with Gasteiger partial charge in [-0.05, 0) is 40.7 Å². The van der Waals surface area contributed by atoms with Crippen LogP contribution in [0.2, 0.25) is 0 Å². The van der Waals surface area contributed by atoms with E-state index in [1.807, 2.05) is 0 Å². The highest BCUT2D eigenvalue weighted by Crippen LogP contribution is 2.56. The second-order valence-electron chi connectivity index (χ2n) is 8.53. The first-order valence-corrected chi connectivity index (χ1v) is 12.1. The molecule has 2 aliphatic rings. The molecule has 0 aromatic heterocycles. The molecule has 11 heteroatoms. The average molecular weight is 450 g/mol. The number of carboxylic acid groups (broad SMARTS) is 2. The van der Waals surface area contributed by atoms with Crippen LogP contribution in [-0.2, 0) is 29.0 Å². The molecule has 3 atom stereocenters. The Bertz CT molecular complexity index is 909. The molecule has 2 rings (SSSR count). The summed E-state index contributed by atoms with van der Waals surface area (Å²) in [5.74, 6) is 0.217. The van der Waals surface area contributed by atoms with E-state index in [-0.39, 0.29) is 5.57 Å². The number of β-lactam (4-membered cyclic amide) rings is 1. The largest absolute Gasteiger partial charge is 0.481 e. The van der Waals surface area contributed by atoms with Crippen LogP contribution in [0.1, 0.15) is 34.6 Å². The van der Waals surface area contributed by atoms with Crippen LogP contribution in [-0.4, -0.2) is 81.2 Å². The molecule has 9 nitrogen and oxygen atoms in total. The van der Waals surface area contributed by atoms with Crippen molar-refractivity contribution in [2.45, 2.75) is 50.8 Å². The molecule has 2 fully saturated rings. The van der Waals surface area contributed by atoms with E-state index >= 15 is 0 Å². The molecular formula is C18H27NO8S2. The van der Waals surface area contributed by atoms with Crippen LogP contribution in [0.15, 0.2) is 11.6 Å². The molecule has 2 saturated heterocycles. The minimum Gasteiger partial charge on any atom is -0.481 e. The van der Waals surface area contributed by atoms with Crippen LogP contribution in [0, 0.1) is 5.41 Å². The number of rotatable bonds is 4. The minimum atomic E-state index is -3.48. The molecule has 2 heterocycles. The van der Waals surface area contributed by atoms with Gasteiger partial charge in [0.05, 0.1) is 11.0 Å². The maximum atomic E-state index is 12.2. The topological polar surface area (TPSA) is 146 Å². The zero-order valence-corrected chi connectivity index (χ0v) is 18.9. The zero-order chi connectivity index (χ0) is 23.1. The Morgan fingerprint density at radius 1 is 1.24 bits per heavy atom.